The first-order valence-electron chi connectivity index (χ1n) is 14.8. The second kappa shape index (κ2) is 17.6. The number of alkyl halides is 1. The minimum absolute atomic E-state index is 0.0715. The molecule has 3 aromatic rings. The Hall–Kier alpha value is -3.87. The van der Waals surface area contributed by atoms with Crippen LogP contribution >= 0.6 is 23.2 Å². The summed E-state index contributed by atoms with van der Waals surface area (Å²) in [5.74, 6) is 1.38. The van der Waals surface area contributed by atoms with Crippen LogP contribution in [0.2, 0.25) is 5.02 Å². The fourth-order valence-corrected chi connectivity index (χ4v) is 5.21. The largest absolute Gasteiger partial charge is 0.489 e. The van der Waals surface area contributed by atoms with Gasteiger partial charge in [-0.05, 0) is 59.9 Å². The smallest absolute Gasteiger partial charge is 0.155 e. The van der Waals surface area contributed by atoms with Crippen LogP contribution in [0.25, 0.3) is 16.8 Å². The highest BCUT2D eigenvalue weighted by molar-refractivity contribution is 6.32. The van der Waals surface area contributed by atoms with Gasteiger partial charge < -0.3 is 25.0 Å². The van der Waals surface area contributed by atoms with Gasteiger partial charge in [0, 0.05) is 30.3 Å². The van der Waals surface area contributed by atoms with Crippen molar-refractivity contribution >= 4 is 46.7 Å². The van der Waals surface area contributed by atoms with Crippen molar-refractivity contribution in [1.82, 2.24) is 16.2 Å². The van der Waals surface area contributed by atoms with E-state index >= 15 is 0 Å². The van der Waals surface area contributed by atoms with Crippen LogP contribution in [-0.4, -0.2) is 51.4 Å². The van der Waals surface area contributed by atoms with Crippen molar-refractivity contribution in [1.29, 1.82) is 5.26 Å². The van der Waals surface area contributed by atoms with Crippen molar-refractivity contribution in [2.75, 3.05) is 39.3 Å². The highest BCUT2D eigenvalue weighted by Gasteiger charge is 2.26. The Balaban J connectivity index is 1.99. The number of hydrogen-bond donors (Lipinski definition) is 3. The Labute approximate surface area is 276 Å². The number of amidine groups is 1. The lowest BCUT2D eigenvalue weighted by Gasteiger charge is -2.27. The van der Waals surface area contributed by atoms with Crippen molar-refractivity contribution in [3.05, 3.63) is 87.9 Å². The Morgan fingerprint density at radius 2 is 1.80 bits per heavy atom. The third-order valence-corrected chi connectivity index (χ3v) is 7.62. The molecule has 0 aliphatic rings. The standard InChI is InChI=1S/C35H41Cl2N5O3/c1-6-7-32(40-15-18-44-19-16-43)30-21-26(10-13-33(30)41-24(2)42-39-5)25-8-11-28(12-9-25)35(3,4)29-20-27(23-38)34(31(37)22-29)45-17-14-36/h7-13,16,20-22,39-40H,6,14-15,17-19H2,1-5H3,(H,41,42)/b32-7-. The topological polar surface area (TPSA) is 108 Å². The molecule has 0 aliphatic heterocycles. The maximum absolute atomic E-state index is 10.6. The van der Waals surface area contributed by atoms with Crippen molar-refractivity contribution in [3.8, 4) is 22.9 Å². The number of benzene rings is 3. The predicted octanol–water partition coefficient (Wildman–Crippen LogP) is 7.15. The minimum atomic E-state index is -0.437. The van der Waals surface area contributed by atoms with Gasteiger partial charge in [0.2, 0.25) is 0 Å². The molecule has 0 radical (unpaired) electrons. The van der Waals surface area contributed by atoms with Gasteiger partial charge in [0.1, 0.15) is 31.4 Å². The third kappa shape index (κ3) is 9.56. The number of carbonyl (C=O) groups excluding carboxylic acids is 1. The van der Waals surface area contributed by atoms with Crippen LogP contribution in [0.1, 0.15) is 56.4 Å². The predicted molar refractivity (Wildman–Crippen MR) is 185 cm³/mol. The second-order valence-electron chi connectivity index (χ2n) is 10.7. The number of hydrogen-bond acceptors (Lipinski definition) is 7. The zero-order valence-electron chi connectivity index (χ0n) is 26.5. The summed E-state index contributed by atoms with van der Waals surface area (Å²) in [7, 11) is 1.79. The van der Waals surface area contributed by atoms with E-state index in [9.17, 15) is 10.1 Å². The molecule has 0 aromatic heterocycles. The summed E-state index contributed by atoms with van der Waals surface area (Å²) in [4.78, 5) is 15.4. The molecule has 0 spiro atoms. The molecule has 0 heterocycles. The molecule has 10 heteroatoms. The summed E-state index contributed by atoms with van der Waals surface area (Å²) in [6.07, 6.45) is 3.69. The van der Waals surface area contributed by atoms with Crippen LogP contribution in [0.3, 0.4) is 0 Å². The molecule has 0 saturated carbocycles. The first-order chi connectivity index (χ1) is 21.7. The number of nitriles is 1. The fraction of sp³-hybridized carbons (Fsp3) is 0.343. The summed E-state index contributed by atoms with van der Waals surface area (Å²) in [6, 6.07) is 20.5. The van der Waals surface area contributed by atoms with E-state index < -0.39 is 5.41 Å². The van der Waals surface area contributed by atoms with Crippen LogP contribution in [0, 0.1) is 11.3 Å². The number of nitrogens with one attached hydrogen (secondary N) is 3. The van der Waals surface area contributed by atoms with Crippen LogP contribution in [0.5, 0.6) is 5.75 Å². The summed E-state index contributed by atoms with van der Waals surface area (Å²) < 4.78 is 11.0. The molecule has 0 unspecified atom stereocenters. The van der Waals surface area contributed by atoms with E-state index in [4.69, 9.17) is 37.7 Å². The summed E-state index contributed by atoms with van der Waals surface area (Å²) in [5.41, 5.74) is 12.6. The van der Waals surface area contributed by atoms with Crippen LogP contribution in [0.4, 0.5) is 5.69 Å². The molecule has 3 rings (SSSR count). The van der Waals surface area contributed by atoms with Gasteiger partial charge in [0.05, 0.1) is 28.8 Å². The zero-order chi connectivity index (χ0) is 32.8. The highest BCUT2D eigenvalue weighted by atomic mass is 35.5. The summed E-state index contributed by atoms with van der Waals surface area (Å²) in [5, 5.41) is 13.6. The van der Waals surface area contributed by atoms with Crippen molar-refractivity contribution in [3.63, 3.8) is 0 Å². The molecule has 8 nitrogen and oxygen atoms in total. The van der Waals surface area contributed by atoms with E-state index in [0.29, 0.717) is 35.4 Å². The Morgan fingerprint density at radius 3 is 2.44 bits per heavy atom. The van der Waals surface area contributed by atoms with Gasteiger partial charge in [0.15, 0.2) is 5.75 Å². The van der Waals surface area contributed by atoms with E-state index in [1.54, 1.807) is 7.05 Å². The Bertz CT molecular complexity index is 1550. The lowest BCUT2D eigenvalue weighted by molar-refractivity contribution is -0.111. The maximum atomic E-state index is 10.6. The van der Waals surface area contributed by atoms with Crippen LogP contribution < -0.4 is 20.9 Å². The molecule has 238 valence electrons. The molecule has 3 N–H and O–H groups in total. The van der Waals surface area contributed by atoms with E-state index in [-0.39, 0.29) is 13.2 Å². The number of allylic oxidation sites excluding steroid dienone is 1. The van der Waals surface area contributed by atoms with Gasteiger partial charge in [0.25, 0.3) is 0 Å². The molecular formula is C35H41Cl2N5O3. The minimum Gasteiger partial charge on any atom is -0.489 e. The van der Waals surface area contributed by atoms with Gasteiger partial charge in [-0.15, -0.1) is 11.6 Å². The Kier molecular flexibility index (Phi) is 13.9. The SMILES string of the molecule is CC/C=C(\NCCOCC=O)c1cc(-c2ccc(C(C)(C)c3cc(Cl)c(OCCCl)c(C#N)c3)cc2)ccc1N=C(C)NNC. The van der Waals surface area contributed by atoms with E-state index in [0.717, 1.165) is 57.7 Å². The highest BCUT2D eigenvalue weighted by Crippen LogP contribution is 2.39. The number of aliphatic imine (C=N–C) groups is 1. The van der Waals surface area contributed by atoms with E-state index in [1.807, 2.05) is 25.1 Å². The first kappa shape index (κ1) is 35.6. The number of ether oxygens (including phenoxy) is 2. The zero-order valence-corrected chi connectivity index (χ0v) is 28.0. The van der Waals surface area contributed by atoms with E-state index in [1.165, 1.54) is 0 Å². The van der Waals surface area contributed by atoms with Gasteiger partial charge in [-0.1, -0.05) is 68.8 Å². The average molecular weight is 651 g/mol. The maximum Gasteiger partial charge on any atom is 0.155 e. The molecule has 0 atom stereocenters. The molecule has 0 amide bonds. The summed E-state index contributed by atoms with van der Waals surface area (Å²) >= 11 is 12.3. The number of nitrogens with zero attached hydrogens (tertiary/aromatic N) is 2. The molecule has 0 fully saturated rings. The number of aldehydes is 1. The lowest BCUT2D eigenvalue weighted by atomic mass is 9.77. The monoisotopic (exact) mass is 649 g/mol. The van der Waals surface area contributed by atoms with Crippen molar-refractivity contribution < 1.29 is 14.3 Å². The van der Waals surface area contributed by atoms with Crippen molar-refractivity contribution in [2.45, 2.75) is 39.5 Å². The van der Waals surface area contributed by atoms with Gasteiger partial charge >= 0.3 is 0 Å². The number of hydrazine groups is 1. The van der Waals surface area contributed by atoms with Gasteiger partial charge in [-0.25, -0.2) is 10.4 Å². The van der Waals surface area contributed by atoms with Gasteiger partial charge in [-0.2, -0.15) is 5.26 Å². The number of halogens is 2. The molecule has 0 saturated heterocycles. The molecular weight excluding hydrogens is 609 g/mol. The van der Waals surface area contributed by atoms with Crippen LogP contribution in [-0.2, 0) is 14.9 Å². The van der Waals surface area contributed by atoms with E-state index in [2.05, 4.69) is 85.5 Å². The lowest BCUT2D eigenvalue weighted by Crippen LogP contribution is -2.32. The average Bonchev–Trinajstić information content (AvgIpc) is 3.03. The third-order valence-electron chi connectivity index (χ3n) is 7.19. The van der Waals surface area contributed by atoms with Gasteiger partial charge in [-0.3, -0.25) is 0 Å². The number of carbonyl (C=O) groups is 1. The van der Waals surface area contributed by atoms with Crippen molar-refractivity contribution in [2.24, 2.45) is 4.99 Å². The summed E-state index contributed by atoms with van der Waals surface area (Å²) in [6.45, 7) is 9.47. The van der Waals surface area contributed by atoms with Crippen LogP contribution in [0.15, 0.2) is 65.7 Å². The normalized spacial score (nSPS) is 12.0. The number of rotatable bonds is 16. The molecule has 0 bridgehead atoms. The fourth-order valence-electron chi connectivity index (χ4n) is 4.86. The molecule has 45 heavy (non-hydrogen) atoms. The quantitative estimate of drug-likeness (QED) is 0.0378. The first-order valence-corrected chi connectivity index (χ1v) is 15.7. The molecule has 3 aromatic carbocycles. The second-order valence-corrected chi connectivity index (χ2v) is 11.5. The molecule has 0 aliphatic carbocycles. The Morgan fingerprint density at radius 1 is 1.07 bits per heavy atom.